The maximum absolute atomic E-state index is 15.2. The SMILES string of the molecule is C=CCN(Cc1ccccc1)C(=O)[C@@H]1[C@H]2C(=O)N([C@@H](CO)Cc3ccccc3)C(C(=O)N(CC=C)c3ccc(OC)cc3)C23CC[C@@]1(C)S3. The number of aliphatic hydroxyl groups excluding tert-OH is 1. The van der Waals surface area contributed by atoms with Crippen molar-refractivity contribution in [1.82, 2.24) is 9.80 Å². The van der Waals surface area contributed by atoms with E-state index in [2.05, 4.69) is 20.1 Å². The molecule has 1 spiro atoms. The lowest BCUT2D eigenvalue weighted by molar-refractivity contribution is -0.146. The fourth-order valence-corrected chi connectivity index (χ4v) is 10.6. The van der Waals surface area contributed by atoms with Crippen LogP contribution in [0.15, 0.2) is 110 Å². The van der Waals surface area contributed by atoms with Gasteiger partial charge in [0.25, 0.3) is 5.91 Å². The number of hydrogen-bond donors (Lipinski definition) is 1. The van der Waals surface area contributed by atoms with E-state index in [9.17, 15) is 9.90 Å². The highest BCUT2D eigenvalue weighted by Gasteiger charge is 2.78. The van der Waals surface area contributed by atoms with Crippen molar-refractivity contribution in [1.29, 1.82) is 0 Å². The van der Waals surface area contributed by atoms with E-state index in [0.717, 1.165) is 11.1 Å². The normalized spacial score (nSPS) is 25.8. The molecule has 3 amide bonds. The van der Waals surface area contributed by atoms with Crippen LogP contribution in [0.2, 0.25) is 0 Å². The molecule has 256 valence electrons. The summed E-state index contributed by atoms with van der Waals surface area (Å²) in [6, 6.07) is 25.2. The van der Waals surface area contributed by atoms with Crippen LogP contribution in [0, 0.1) is 11.8 Å². The number of amides is 3. The average molecular weight is 680 g/mol. The van der Waals surface area contributed by atoms with Crippen molar-refractivity contribution >= 4 is 35.2 Å². The Morgan fingerprint density at radius 1 is 0.959 bits per heavy atom. The molecule has 8 nitrogen and oxygen atoms in total. The van der Waals surface area contributed by atoms with E-state index < -0.39 is 33.4 Å². The number of nitrogens with zero attached hydrogens (tertiary/aromatic N) is 3. The lowest BCUT2D eigenvalue weighted by atomic mass is 9.66. The fourth-order valence-electron chi connectivity index (χ4n) is 8.30. The van der Waals surface area contributed by atoms with Crippen molar-refractivity contribution in [3.63, 3.8) is 0 Å². The number of carbonyl (C=O) groups excluding carboxylic acids is 3. The van der Waals surface area contributed by atoms with E-state index in [1.165, 1.54) is 0 Å². The third-order valence-corrected chi connectivity index (χ3v) is 12.5. The zero-order valence-corrected chi connectivity index (χ0v) is 29.1. The van der Waals surface area contributed by atoms with Gasteiger partial charge in [-0.2, -0.15) is 0 Å². The van der Waals surface area contributed by atoms with Gasteiger partial charge < -0.3 is 24.5 Å². The van der Waals surface area contributed by atoms with Crippen LogP contribution in [0.4, 0.5) is 5.69 Å². The number of carbonyl (C=O) groups is 3. The van der Waals surface area contributed by atoms with Crippen molar-refractivity contribution in [2.45, 2.75) is 54.3 Å². The van der Waals surface area contributed by atoms with Crippen molar-refractivity contribution in [2.75, 3.05) is 31.7 Å². The van der Waals surface area contributed by atoms with E-state index in [1.54, 1.807) is 57.9 Å². The number of hydrogen-bond acceptors (Lipinski definition) is 6. The summed E-state index contributed by atoms with van der Waals surface area (Å²) in [5.74, 6) is -1.31. The van der Waals surface area contributed by atoms with Gasteiger partial charge in [-0.1, -0.05) is 72.8 Å². The third-order valence-electron chi connectivity index (χ3n) is 10.5. The highest BCUT2D eigenvalue weighted by molar-refractivity contribution is 8.02. The molecule has 3 fully saturated rings. The average Bonchev–Trinajstić information content (AvgIpc) is 3.70. The first-order chi connectivity index (χ1) is 23.7. The number of anilines is 1. The molecular weight excluding hydrogens is 635 g/mol. The fraction of sp³-hybridized carbons (Fsp3) is 0.375. The van der Waals surface area contributed by atoms with E-state index in [4.69, 9.17) is 4.74 Å². The predicted octanol–water partition coefficient (Wildman–Crippen LogP) is 5.51. The number of thioether (sulfide) groups is 1. The first-order valence-electron chi connectivity index (χ1n) is 16.9. The molecular formula is C40H45N3O5S. The molecule has 3 heterocycles. The molecule has 49 heavy (non-hydrogen) atoms. The molecule has 0 aromatic heterocycles. The molecule has 0 saturated carbocycles. The Labute approximate surface area is 293 Å². The van der Waals surface area contributed by atoms with Crippen LogP contribution >= 0.6 is 11.8 Å². The van der Waals surface area contributed by atoms with E-state index >= 15 is 9.59 Å². The topological polar surface area (TPSA) is 90.4 Å². The Kier molecular flexibility index (Phi) is 10.0. The number of ether oxygens (including phenoxy) is 1. The number of rotatable bonds is 14. The molecule has 3 aromatic rings. The van der Waals surface area contributed by atoms with Gasteiger partial charge in [0.05, 0.1) is 36.3 Å². The van der Waals surface area contributed by atoms with E-state index in [1.807, 2.05) is 72.8 Å². The largest absolute Gasteiger partial charge is 0.497 e. The summed E-state index contributed by atoms with van der Waals surface area (Å²) in [6.07, 6.45) is 5.06. The second-order valence-corrected chi connectivity index (χ2v) is 15.3. The molecule has 6 rings (SSSR count). The second-order valence-electron chi connectivity index (χ2n) is 13.4. The first-order valence-corrected chi connectivity index (χ1v) is 17.7. The predicted molar refractivity (Wildman–Crippen MR) is 194 cm³/mol. The zero-order chi connectivity index (χ0) is 34.8. The van der Waals surface area contributed by atoms with Crippen molar-refractivity contribution in [3.05, 3.63) is 121 Å². The lowest BCUT2D eigenvalue weighted by Crippen LogP contribution is -2.58. The summed E-state index contributed by atoms with van der Waals surface area (Å²) in [5.41, 5.74) is 2.59. The van der Waals surface area contributed by atoms with Crippen molar-refractivity contribution in [3.8, 4) is 5.75 Å². The molecule has 9 heteroatoms. The maximum Gasteiger partial charge on any atom is 0.251 e. The summed E-state index contributed by atoms with van der Waals surface area (Å²) in [5, 5.41) is 10.9. The minimum atomic E-state index is -0.903. The molecule has 6 atom stereocenters. The van der Waals surface area contributed by atoms with Gasteiger partial charge >= 0.3 is 0 Å². The Morgan fingerprint density at radius 3 is 2.18 bits per heavy atom. The number of likely N-dealkylation sites (tertiary alicyclic amines) is 1. The molecule has 0 radical (unpaired) electrons. The van der Waals surface area contributed by atoms with Gasteiger partial charge in [-0.15, -0.1) is 24.9 Å². The Hall–Kier alpha value is -4.34. The highest BCUT2D eigenvalue weighted by Crippen LogP contribution is 2.72. The van der Waals surface area contributed by atoms with E-state index in [0.29, 0.717) is 43.8 Å². The van der Waals surface area contributed by atoms with Gasteiger partial charge in [0.2, 0.25) is 11.8 Å². The van der Waals surface area contributed by atoms with Gasteiger partial charge in [0.1, 0.15) is 11.8 Å². The summed E-state index contributed by atoms with van der Waals surface area (Å²) in [4.78, 5) is 50.1. The number of fused-ring (bicyclic) bond motifs is 1. The van der Waals surface area contributed by atoms with Gasteiger partial charge in [-0.05, 0) is 61.6 Å². The van der Waals surface area contributed by atoms with Gasteiger partial charge in [-0.25, -0.2) is 0 Å². The standard InChI is InChI=1S/C40H45N3O5S/c1-5-23-41(26-29-15-11-8-12-16-29)36(45)33-34-37(46)43(31(27-44)25-28-13-9-7-10-14-28)35(40(34)22-21-39(33,3)49-40)38(47)42(24-6-2)30-17-19-32(48-4)20-18-30/h5-20,31,33-35,44H,1-2,21-27H2,3-4H3/t31-,33+,34+,35?,39-,40?/m1/s1. The van der Waals surface area contributed by atoms with Crippen molar-refractivity contribution < 1.29 is 24.2 Å². The summed E-state index contributed by atoms with van der Waals surface area (Å²) in [6.45, 7) is 10.6. The van der Waals surface area contributed by atoms with Crippen LogP contribution in [-0.4, -0.2) is 81.0 Å². The van der Waals surface area contributed by atoms with E-state index in [-0.39, 0.29) is 30.9 Å². The quantitative estimate of drug-likeness (QED) is 0.226. The van der Waals surface area contributed by atoms with Crippen LogP contribution in [0.5, 0.6) is 5.75 Å². The Bertz CT molecular complexity index is 1680. The number of aliphatic hydroxyl groups is 1. The summed E-state index contributed by atoms with van der Waals surface area (Å²) < 4.78 is 3.97. The van der Waals surface area contributed by atoms with Gasteiger partial charge in [0, 0.05) is 30.1 Å². The van der Waals surface area contributed by atoms with Crippen LogP contribution in [-0.2, 0) is 27.3 Å². The Balaban J connectivity index is 1.44. The van der Waals surface area contributed by atoms with Crippen LogP contribution < -0.4 is 9.64 Å². The lowest BCUT2D eigenvalue weighted by Gasteiger charge is -2.39. The molecule has 1 N–H and O–H groups in total. The summed E-state index contributed by atoms with van der Waals surface area (Å²) in [7, 11) is 1.59. The maximum atomic E-state index is 15.2. The first kappa shape index (κ1) is 34.5. The zero-order valence-electron chi connectivity index (χ0n) is 28.2. The monoisotopic (exact) mass is 679 g/mol. The number of benzene rings is 3. The molecule has 3 aliphatic rings. The highest BCUT2D eigenvalue weighted by atomic mass is 32.2. The summed E-state index contributed by atoms with van der Waals surface area (Å²) >= 11 is 1.63. The van der Waals surface area contributed by atoms with Gasteiger partial charge in [0.15, 0.2) is 0 Å². The molecule has 2 unspecified atom stereocenters. The third kappa shape index (κ3) is 6.19. The minimum Gasteiger partial charge on any atom is -0.497 e. The minimum absolute atomic E-state index is 0.103. The molecule has 0 aliphatic carbocycles. The second kappa shape index (κ2) is 14.3. The Morgan fingerprint density at radius 2 is 1.59 bits per heavy atom. The van der Waals surface area contributed by atoms with Crippen LogP contribution in [0.25, 0.3) is 0 Å². The van der Waals surface area contributed by atoms with Crippen molar-refractivity contribution in [2.24, 2.45) is 11.8 Å². The van der Waals surface area contributed by atoms with Crippen LogP contribution in [0.1, 0.15) is 30.9 Å². The smallest absolute Gasteiger partial charge is 0.251 e. The number of methoxy groups -OCH3 is 1. The molecule has 3 aliphatic heterocycles. The molecule has 2 bridgehead atoms. The van der Waals surface area contributed by atoms with Crippen LogP contribution in [0.3, 0.4) is 0 Å². The molecule has 3 aromatic carbocycles. The van der Waals surface area contributed by atoms with Gasteiger partial charge in [-0.3, -0.25) is 14.4 Å². The molecule has 3 saturated heterocycles.